The summed E-state index contributed by atoms with van der Waals surface area (Å²) in [5.74, 6) is -0.941. The van der Waals surface area contributed by atoms with Gasteiger partial charge in [0.05, 0.1) is 23.3 Å². The Kier molecular flexibility index (Phi) is 4.99. The van der Waals surface area contributed by atoms with Gasteiger partial charge in [-0.3, -0.25) is 9.59 Å². The number of nitrogens with zero attached hydrogens (tertiary/aromatic N) is 1. The number of aryl methyl sites for hydroxylation is 2. The van der Waals surface area contributed by atoms with Gasteiger partial charge in [0.25, 0.3) is 0 Å². The van der Waals surface area contributed by atoms with Crippen LogP contribution in [0, 0.1) is 13.8 Å². The second-order valence-electron chi connectivity index (χ2n) is 4.08. The molecule has 8 heteroatoms. The van der Waals surface area contributed by atoms with Crippen LogP contribution in [0.25, 0.3) is 0 Å². The number of thiocarbonyl (C=S) groups is 1. The minimum Gasteiger partial charge on any atom is -0.392 e. The highest BCUT2D eigenvalue weighted by Crippen LogP contribution is 2.20. The van der Waals surface area contributed by atoms with Crippen molar-refractivity contribution >= 4 is 29.0 Å². The predicted molar refractivity (Wildman–Crippen MR) is 72.3 cm³/mol. The Labute approximate surface area is 115 Å². The lowest BCUT2D eigenvalue weighted by Crippen LogP contribution is -2.43. The SMILES string of the molecule is Cc1noc(C)c1C(C)NC(=O)C(=O)NCC(N)=S. The molecule has 1 atom stereocenters. The van der Waals surface area contributed by atoms with Crippen molar-refractivity contribution in [3.63, 3.8) is 0 Å². The lowest BCUT2D eigenvalue weighted by atomic mass is 10.1. The van der Waals surface area contributed by atoms with Gasteiger partial charge in [-0.1, -0.05) is 17.4 Å². The number of hydrogen-bond donors (Lipinski definition) is 3. The summed E-state index contributed by atoms with van der Waals surface area (Å²) >= 11 is 4.60. The maximum atomic E-state index is 11.6. The van der Waals surface area contributed by atoms with Gasteiger partial charge in [0.2, 0.25) is 0 Å². The molecule has 0 aliphatic carbocycles. The van der Waals surface area contributed by atoms with Crippen molar-refractivity contribution in [3.8, 4) is 0 Å². The van der Waals surface area contributed by atoms with Gasteiger partial charge in [-0.2, -0.15) is 0 Å². The molecule has 0 aliphatic rings. The van der Waals surface area contributed by atoms with Gasteiger partial charge in [-0.25, -0.2) is 0 Å². The summed E-state index contributed by atoms with van der Waals surface area (Å²) < 4.78 is 5.00. The number of amides is 2. The van der Waals surface area contributed by atoms with Crippen LogP contribution in [0.4, 0.5) is 0 Å². The number of hydrogen-bond acceptors (Lipinski definition) is 5. The molecule has 104 valence electrons. The highest BCUT2D eigenvalue weighted by atomic mass is 32.1. The van der Waals surface area contributed by atoms with Gasteiger partial charge in [0.1, 0.15) is 5.76 Å². The Morgan fingerprint density at radius 3 is 2.53 bits per heavy atom. The normalized spacial score (nSPS) is 11.7. The standard InChI is InChI=1S/C11H16N4O3S/c1-5(9-6(2)15-18-7(9)3)14-11(17)10(16)13-4-8(12)19/h5H,4H2,1-3H3,(H2,12,19)(H,13,16)(H,14,17). The van der Waals surface area contributed by atoms with Crippen molar-refractivity contribution in [2.45, 2.75) is 26.8 Å². The molecule has 0 spiro atoms. The van der Waals surface area contributed by atoms with Gasteiger partial charge < -0.3 is 20.9 Å². The summed E-state index contributed by atoms with van der Waals surface area (Å²) in [5.41, 5.74) is 6.66. The summed E-state index contributed by atoms with van der Waals surface area (Å²) in [4.78, 5) is 23.2. The van der Waals surface area contributed by atoms with Crippen molar-refractivity contribution in [2.75, 3.05) is 6.54 Å². The van der Waals surface area contributed by atoms with Crippen LogP contribution in [0.1, 0.15) is 30.0 Å². The molecule has 0 fully saturated rings. The molecule has 7 nitrogen and oxygen atoms in total. The Bertz CT molecular complexity index is 493. The molecule has 0 saturated carbocycles. The fraction of sp³-hybridized carbons (Fsp3) is 0.455. The molecule has 1 heterocycles. The first-order valence-electron chi connectivity index (χ1n) is 5.62. The van der Waals surface area contributed by atoms with E-state index in [1.165, 1.54) is 0 Å². The number of rotatable bonds is 4. The monoisotopic (exact) mass is 284 g/mol. The van der Waals surface area contributed by atoms with E-state index in [2.05, 4.69) is 28.0 Å². The van der Waals surface area contributed by atoms with Gasteiger partial charge in [0, 0.05) is 5.56 Å². The molecular formula is C11H16N4O3S. The molecule has 1 aromatic rings. The van der Waals surface area contributed by atoms with Crippen LogP contribution in [-0.4, -0.2) is 28.5 Å². The number of aromatic nitrogens is 1. The van der Waals surface area contributed by atoms with Crippen LogP contribution >= 0.6 is 12.2 Å². The maximum absolute atomic E-state index is 11.6. The molecule has 2 amide bonds. The van der Waals surface area contributed by atoms with Crippen molar-refractivity contribution in [1.29, 1.82) is 0 Å². The van der Waals surface area contributed by atoms with Crippen molar-refractivity contribution in [3.05, 3.63) is 17.0 Å². The summed E-state index contributed by atoms with van der Waals surface area (Å²) in [6, 6.07) is -0.380. The van der Waals surface area contributed by atoms with E-state index in [0.717, 1.165) is 5.56 Å². The minimum atomic E-state index is -0.786. The highest BCUT2D eigenvalue weighted by molar-refractivity contribution is 7.80. The third kappa shape index (κ3) is 4.02. The smallest absolute Gasteiger partial charge is 0.309 e. The number of nitrogens with one attached hydrogen (secondary N) is 2. The summed E-state index contributed by atoms with van der Waals surface area (Å²) in [7, 11) is 0. The van der Waals surface area contributed by atoms with E-state index >= 15 is 0 Å². The quantitative estimate of drug-likeness (QED) is 0.525. The first-order chi connectivity index (χ1) is 8.82. The molecule has 0 aliphatic heterocycles. The average molecular weight is 284 g/mol. The second-order valence-corrected chi connectivity index (χ2v) is 4.61. The average Bonchev–Trinajstić information content (AvgIpc) is 2.65. The van der Waals surface area contributed by atoms with E-state index in [-0.39, 0.29) is 17.6 Å². The van der Waals surface area contributed by atoms with E-state index in [9.17, 15) is 9.59 Å². The zero-order valence-corrected chi connectivity index (χ0v) is 11.8. The zero-order valence-electron chi connectivity index (χ0n) is 10.9. The first kappa shape index (κ1) is 15.1. The molecule has 1 aromatic heterocycles. The Hall–Kier alpha value is -1.96. The molecule has 0 bridgehead atoms. The van der Waals surface area contributed by atoms with E-state index in [4.69, 9.17) is 10.3 Å². The van der Waals surface area contributed by atoms with Gasteiger partial charge in [-0.05, 0) is 20.8 Å². The number of carbonyl (C=O) groups excluding carboxylic acids is 2. The van der Waals surface area contributed by atoms with E-state index in [1.807, 2.05) is 0 Å². The Balaban J connectivity index is 2.62. The fourth-order valence-electron chi connectivity index (χ4n) is 1.69. The number of nitrogens with two attached hydrogens (primary N) is 1. The van der Waals surface area contributed by atoms with Crippen molar-refractivity contribution < 1.29 is 14.1 Å². The summed E-state index contributed by atoms with van der Waals surface area (Å²) in [5, 5.41) is 8.65. The van der Waals surface area contributed by atoms with Gasteiger partial charge in [-0.15, -0.1) is 0 Å². The van der Waals surface area contributed by atoms with Crippen molar-refractivity contribution in [1.82, 2.24) is 15.8 Å². The predicted octanol–water partition coefficient (Wildman–Crippen LogP) is -0.129. The van der Waals surface area contributed by atoms with E-state index in [0.29, 0.717) is 11.5 Å². The summed E-state index contributed by atoms with van der Waals surface area (Å²) in [6.07, 6.45) is 0. The van der Waals surface area contributed by atoms with Crippen LogP contribution in [0.2, 0.25) is 0 Å². The lowest BCUT2D eigenvalue weighted by Gasteiger charge is -2.13. The van der Waals surface area contributed by atoms with Crippen molar-refractivity contribution in [2.24, 2.45) is 5.73 Å². The molecule has 0 aromatic carbocycles. The second kappa shape index (κ2) is 6.28. The molecule has 0 radical (unpaired) electrons. The van der Waals surface area contributed by atoms with Crippen LogP contribution in [0.15, 0.2) is 4.52 Å². The fourth-order valence-corrected chi connectivity index (χ4v) is 1.76. The minimum absolute atomic E-state index is 0.0126. The molecule has 19 heavy (non-hydrogen) atoms. The van der Waals surface area contributed by atoms with Gasteiger partial charge in [0.15, 0.2) is 0 Å². The van der Waals surface area contributed by atoms with Crippen LogP contribution < -0.4 is 16.4 Å². The Morgan fingerprint density at radius 2 is 2.05 bits per heavy atom. The highest BCUT2D eigenvalue weighted by Gasteiger charge is 2.21. The molecule has 1 rings (SSSR count). The maximum Gasteiger partial charge on any atom is 0.309 e. The lowest BCUT2D eigenvalue weighted by molar-refractivity contribution is -0.139. The van der Waals surface area contributed by atoms with Crippen LogP contribution in [-0.2, 0) is 9.59 Å². The summed E-state index contributed by atoms with van der Waals surface area (Å²) in [6.45, 7) is 5.24. The third-order valence-electron chi connectivity index (χ3n) is 2.50. The van der Waals surface area contributed by atoms with E-state index in [1.54, 1.807) is 20.8 Å². The molecular weight excluding hydrogens is 268 g/mol. The van der Waals surface area contributed by atoms with Crippen LogP contribution in [0.3, 0.4) is 0 Å². The topological polar surface area (TPSA) is 110 Å². The van der Waals surface area contributed by atoms with Gasteiger partial charge >= 0.3 is 11.8 Å². The number of carbonyl (C=O) groups is 2. The zero-order chi connectivity index (χ0) is 14.6. The van der Waals surface area contributed by atoms with E-state index < -0.39 is 11.8 Å². The largest absolute Gasteiger partial charge is 0.392 e. The molecule has 0 saturated heterocycles. The molecule has 1 unspecified atom stereocenters. The third-order valence-corrected chi connectivity index (χ3v) is 2.64. The Morgan fingerprint density at radius 1 is 1.42 bits per heavy atom. The molecule has 4 N–H and O–H groups in total. The van der Waals surface area contributed by atoms with Crippen LogP contribution in [0.5, 0.6) is 0 Å². The first-order valence-corrected chi connectivity index (χ1v) is 6.03.